The van der Waals surface area contributed by atoms with Crippen LogP contribution in [0.5, 0.6) is 0 Å². The third kappa shape index (κ3) is 3.49. The Hall–Kier alpha value is -3.41. The van der Waals surface area contributed by atoms with Gasteiger partial charge in [0.2, 0.25) is 5.91 Å². The van der Waals surface area contributed by atoms with Gasteiger partial charge in [0, 0.05) is 42.8 Å². The normalized spacial score (nSPS) is 22.9. The minimum atomic E-state index is -0.525. The quantitative estimate of drug-likeness (QED) is 0.601. The van der Waals surface area contributed by atoms with E-state index in [9.17, 15) is 9.59 Å². The highest BCUT2D eigenvalue weighted by Crippen LogP contribution is 2.46. The molecule has 178 valence electrons. The van der Waals surface area contributed by atoms with Crippen molar-refractivity contribution < 1.29 is 9.59 Å². The van der Waals surface area contributed by atoms with Gasteiger partial charge in [-0.15, -0.1) is 0 Å². The number of H-pyrrole nitrogens is 1. The molecule has 2 amide bonds. The fraction of sp³-hybridized carbons (Fsp3) is 0.414. The van der Waals surface area contributed by atoms with E-state index in [1.54, 1.807) is 0 Å². The van der Waals surface area contributed by atoms with Gasteiger partial charge in [-0.25, -0.2) is 0 Å². The lowest BCUT2D eigenvalue weighted by Gasteiger charge is -2.24. The van der Waals surface area contributed by atoms with Gasteiger partial charge in [0.25, 0.3) is 5.91 Å². The zero-order valence-electron chi connectivity index (χ0n) is 20.1. The van der Waals surface area contributed by atoms with E-state index < -0.39 is 5.54 Å². The van der Waals surface area contributed by atoms with Crippen molar-refractivity contribution in [1.82, 2.24) is 14.8 Å². The molecular formula is C29H30N4O2. The van der Waals surface area contributed by atoms with Gasteiger partial charge in [-0.3, -0.25) is 19.5 Å². The number of amides is 2. The standard InChI is InChI=1S/C29H30N4O2/c1-18-14-23(6-7-24(18)22-5-2-20-8-12-30-25(20)15-22)26-31-29(10-11-29)28(35)33(26)17-19-9-13-32(16-19)27(34)21-3-4-21/h2,5-8,12,14-15,19,21,30H,3-4,9-11,13,16-17H2,1H3. The first-order valence-corrected chi connectivity index (χ1v) is 12.9. The van der Waals surface area contributed by atoms with Crippen molar-refractivity contribution in [2.24, 2.45) is 16.8 Å². The van der Waals surface area contributed by atoms with Gasteiger partial charge in [0.15, 0.2) is 0 Å². The predicted molar refractivity (Wildman–Crippen MR) is 136 cm³/mol. The molecule has 2 aromatic carbocycles. The van der Waals surface area contributed by atoms with Crippen LogP contribution in [0.15, 0.2) is 53.7 Å². The highest BCUT2D eigenvalue weighted by Gasteiger charge is 2.57. The number of aliphatic imine (C=N–C) groups is 1. The van der Waals surface area contributed by atoms with Crippen LogP contribution in [0, 0.1) is 18.8 Å². The van der Waals surface area contributed by atoms with Gasteiger partial charge in [0.1, 0.15) is 11.4 Å². The maximum atomic E-state index is 13.4. The van der Waals surface area contributed by atoms with Crippen LogP contribution < -0.4 is 0 Å². The molecular weight excluding hydrogens is 436 g/mol. The SMILES string of the molecule is Cc1cc(C2=NC3(CC3)C(=O)N2CC2CCN(C(=O)C3CC3)C2)ccc1-c1ccc2cc[nH]c2c1. The van der Waals surface area contributed by atoms with Crippen molar-refractivity contribution in [2.75, 3.05) is 19.6 Å². The molecule has 6 heteroatoms. The van der Waals surface area contributed by atoms with Crippen LogP contribution in [0.2, 0.25) is 0 Å². The van der Waals surface area contributed by atoms with Crippen molar-refractivity contribution in [3.05, 3.63) is 59.8 Å². The maximum Gasteiger partial charge on any atom is 0.256 e. The zero-order valence-corrected chi connectivity index (χ0v) is 20.1. The molecule has 2 aliphatic heterocycles. The first-order valence-electron chi connectivity index (χ1n) is 12.9. The Bertz CT molecular complexity index is 1390. The average molecular weight is 467 g/mol. The minimum Gasteiger partial charge on any atom is -0.361 e. The number of aromatic nitrogens is 1. The van der Waals surface area contributed by atoms with Crippen LogP contribution in [-0.2, 0) is 9.59 Å². The summed E-state index contributed by atoms with van der Waals surface area (Å²) in [6.07, 6.45) is 6.69. The average Bonchev–Trinajstić information content (AvgIpc) is 3.74. The number of likely N-dealkylation sites (tertiary alicyclic amines) is 1. The lowest BCUT2D eigenvalue weighted by Crippen LogP contribution is -2.41. The molecule has 4 aliphatic rings. The fourth-order valence-corrected chi connectivity index (χ4v) is 5.86. The lowest BCUT2D eigenvalue weighted by atomic mass is 9.97. The second-order valence-electron chi connectivity index (χ2n) is 10.9. The van der Waals surface area contributed by atoms with Gasteiger partial charge >= 0.3 is 0 Å². The number of benzene rings is 2. The Morgan fingerprint density at radius 3 is 2.69 bits per heavy atom. The zero-order chi connectivity index (χ0) is 23.7. The molecule has 1 unspecified atom stereocenters. The molecule has 7 rings (SSSR count). The van der Waals surface area contributed by atoms with Crippen LogP contribution >= 0.6 is 0 Å². The monoisotopic (exact) mass is 466 g/mol. The number of nitrogens with one attached hydrogen (secondary N) is 1. The van der Waals surface area contributed by atoms with Gasteiger partial charge in [-0.1, -0.05) is 24.3 Å². The second kappa shape index (κ2) is 7.54. The molecule has 0 radical (unpaired) electrons. The number of rotatable bonds is 5. The number of aromatic amines is 1. The fourth-order valence-electron chi connectivity index (χ4n) is 5.86. The number of carbonyl (C=O) groups excluding carboxylic acids is 2. The molecule has 1 atom stereocenters. The van der Waals surface area contributed by atoms with E-state index in [-0.39, 0.29) is 11.8 Å². The third-order valence-electron chi connectivity index (χ3n) is 8.26. The summed E-state index contributed by atoms with van der Waals surface area (Å²) < 4.78 is 0. The van der Waals surface area contributed by atoms with E-state index in [1.165, 1.54) is 22.1 Å². The minimum absolute atomic E-state index is 0.151. The summed E-state index contributed by atoms with van der Waals surface area (Å²) in [6, 6.07) is 15.0. The van der Waals surface area contributed by atoms with Crippen LogP contribution in [0.25, 0.3) is 22.0 Å². The van der Waals surface area contributed by atoms with Crippen LogP contribution in [0.3, 0.4) is 0 Å². The molecule has 6 nitrogen and oxygen atoms in total. The summed E-state index contributed by atoms with van der Waals surface area (Å²) in [4.78, 5) is 38.1. The molecule has 1 saturated heterocycles. The summed E-state index contributed by atoms with van der Waals surface area (Å²) in [6.45, 7) is 4.36. The first kappa shape index (κ1) is 20.9. The predicted octanol–water partition coefficient (Wildman–Crippen LogP) is 4.52. The summed E-state index contributed by atoms with van der Waals surface area (Å²) in [5.74, 6) is 1.85. The molecule has 1 aromatic heterocycles. The number of nitrogens with zero attached hydrogens (tertiary/aromatic N) is 3. The van der Waals surface area contributed by atoms with E-state index in [1.807, 2.05) is 16.0 Å². The summed E-state index contributed by atoms with van der Waals surface area (Å²) in [7, 11) is 0. The molecule has 3 heterocycles. The molecule has 3 aromatic rings. The van der Waals surface area contributed by atoms with Crippen molar-refractivity contribution in [2.45, 2.75) is 44.6 Å². The van der Waals surface area contributed by atoms with Gasteiger partial charge in [-0.05, 0) is 85.2 Å². The molecule has 1 N–H and O–H groups in total. The highest BCUT2D eigenvalue weighted by atomic mass is 16.2. The third-order valence-corrected chi connectivity index (χ3v) is 8.26. The van der Waals surface area contributed by atoms with Crippen molar-refractivity contribution >= 4 is 28.6 Å². The molecule has 0 bridgehead atoms. The molecule has 1 spiro atoms. The van der Waals surface area contributed by atoms with Crippen LogP contribution in [-0.4, -0.2) is 57.6 Å². The van der Waals surface area contributed by atoms with Crippen molar-refractivity contribution in [3.8, 4) is 11.1 Å². The van der Waals surface area contributed by atoms with E-state index >= 15 is 0 Å². The smallest absolute Gasteiger partial charge is 0.256 e. The number of hydrogen-bond donors (Lipinski definition) is 1. The van der Waals surface area contributed by atoms with E-state index in [0.29, 0.717) is 18.4 Å². The summed E-state index contributed by atoms with van der Waals surface area (Å²) in [5, 5.41) is 1.21. The van der Waals surface area contributed by atoms with E-state index in [4.69, 9.17) is 4.99 Å². The maximum absolute atomic E-state index is 13.4. The number of aryl methyl sites for hydroxylation is 1. The van der Waals surface area contributed by atoms with E-state index in [0.717, 1.165) is 62.1 Å². The lowest BCUT2D eigenvalue weighted by molar-refractivity contribution is -0.131. The number of amidine groups is 1. The topological polar surface area (TPSA) is 68.8 Å². The Labute approximate surface area is 205 Å². The van der Waals surface area contributed by atoms with Gasteiger partial charge in [-0.2, -0.15) is 0 Å². The molecule has 3 fully saturated rings. The Kier molecular flexibility index (Phi) is 4.51. The molecule has 2 saturated carbocycles. The molecule has 35 heavy (non-hydrogen) atoms. The van der Waals surface area contributed by atoms with E-state index in [2.05, 4.69) is 54.4 Å². The number of carbonyl (C=O) groups is 2. The highest BCUT2D eigenvalue weighted by molar-refractivity contribution is 6.16. The van der Waals surface area contributed by atoms with Crippen LogP contribution in [0.1, 0.15) is 43.2 Å². The second-order valence-corrected chi connectivity index (χ2v) is 10.9. The van der Waals surface area contributed by atoms with Gasteiger partial charge < -0.3 is 9.88 Å². The Balaban J connectivity index is 1.15. The van der Waals surface area contributed by atoms with Gasteiger partial charge in [0.05, 0.1) is 0 Å². The number of hydrogen-bond acceptors (Lipinski definition) is 3. The van der Waals surface area contributed by atoms with Crippen molar-refractivity contribution in [1.29, 1.82) is 0 Å². The van der Waals surface area contributed by atoms with Crippen molar-refractivity contribution in [3.63, 3.8) is 0 Å². The Morgan fingerprint density at radius 1 is 1.09 bits per heavy atom. The first-order chi connectivity index (χ1) is 17.0. The summed E-state index contributed by atoms with van der Waals surface area (Å²) in [5.41, 5.74) is 5.14. The summed E-state index contributed by atoms with van der Waals surface area (Å²) >= 11 is 0. The Morgan fingerprint density at radius 2 is 1.91 bits per heavy atom. The number of fused-ring (bicyclic) bond motifs is 1. The largest absolute Gasteiger partial charge is 0.361 e. The molecule has 2 aliphatic carbocycles. The van der Waals surface area contributed by atoms with Crippen LogP contribution in [0.4, 0.5) is 0 Å².